The molecule has 0 aliphatic carbocycles. The fourth-order valence-electron chi connectivity index (χ4n) is 2.24. The lowest BCUT2D eigenvalue weighted by Crippen LogP contribution is -2.30. The smallest absolute Gasteiger partial charge is 0.311 e. The second kappa shape index (κ2) is 9.39. The van der Waals surface area contributed by atoms with Crippen LogP contribution < -0.4 is 10.6 Å². The summed E-state index contributed by atoms with van der Waals surface area (Å²) in [4.78, 5) is 35.2. The third-order valence-corrected chi connectivity index (χ3v) is 3.87. The summed E-state index contributed by atoms with van der Waals surface area (Å²) in [6, 6.07) is 11.4. The van der Waals surface area contributed by atoms with Gasteiger partial charge in [-0.25, -0.2) is 0 Å². The van der Waals surface area contributed by atoms with E-state index in [1.54, 1.807) is 30.3 Å². The highest BCUT2D eigenvalue weighted by atomic mass is 35.5. The largest absolute Gasteiger partial charge is 0.452 e. The van der Waals surface area contributed by atoms with E-state index in [4.69, 9.17) is 27.9 Å². The Balaban J connectivity index is 1.88. The topological polar surface area (TPSA) is 84.5 Å². The van der Waals surface area contributed by atoms with Crippen LogP contribution in [0.1, 0.15) is 19.4 Å². The first kappa shape index (κ1) is 20.7. The van der Waals surface area contributed by atoms with E-state index in [0.29, 0.717) is 27.0 Å². The molecule has 0 aromatic heterocycles. The van der Waals surface area contributed by atoms with Gasteiger partial charge in [0.05, 0.1) is 6.42 Å². The first-order valence-electron chi connectivity index (χ1n) is 8.06. The number of carbonyl (C=O) groups is 3. The van der Waals surface area contributed by atoms with Crippen molar-refractivity contribution in [3.63, 3.8) is 0 Å². The molecule has 0 aliphatic rings. The molecule has 1 atom stereocenters. The van der Waals surface area contributed by atoms with Crippen LogP contribution in [0.25, 0.3) is 0 Å². The zero-order chi connectivity index (χ0) is 20.0. The number of carbonyl (C=O) groups excluding carboxylic acids is 3. The Bertz CT molecular complexity index is 833. The van der Waals surface area contributed by atoms with Crippen molar-refractivity contribution < 1.29 is 19.1 Å². The summed E-state index contributed by atoms with van der Waals surface area (Å²) in [6.45, 7) is 2.88. The van der Waals surface area contributed by atoms with Crippen LogP contribution in [0.4, 0.5) is 11.4 Å². The molecule has 2 N–H and O–H groups in total. The summed E-state index contributed by atoms with van der Waals surface area (Å²) in [5.74, 6) is -1.22. The molecule has 8 heteroatoms. The maximum absolute atomic E-state index is 12.2. The second-order valence-corrected chi connectivity index (χ2v) is 6.71. The second-order valence-electron chi connectivity index (χ2n) is 5.83. The van der Waals surface area contributed by atoms with Gasteiger partial charge in [-0.05, 0) is 42.8 Å². The molecule has 0 fully saturated rings. The number of ether oxygens (including phenoxy) is 1. The summed E-state index contributed by atoms with van der Waals surface area (Å²) < 4.78 is 5.16. The van der Waals surface area contributed by atoms with Crippen molar-refractivity contribution in [3.8, 4) is 0 Å². The fraction of sp³-hybridized carbons (Fsp3) is 0.211. The van der Waals surface area contributed by atoms with E-state index in [1.165, 1.54) is 26.0 Å². The highest BCUT2D eigenvalue weighted by molar-refractivity contribution is 6.35. The minimum Gasteiger partial charge on any atom is -0.452 e. The minimum atomic E-state index is -0.992. The highest BCUT2D eigenvalue weighted by Crippen LogP contribution is 2.22. The molecule has 0 unspecified atom stereocenters. The van der Waals surface area contributed by atoms with Crippen molar-refractivity contribution in [2.24, 2.45) is 0 Å². The third-order valence-electron chi connectivity index (χ3n) is 3.43. The molecule has 2 rings (SSSR count). The number of amides is 2. The van der Waals surface area contributed by atoms with Crippen molar-refractivity contribution in [1.29, 1.82) is 0 Å². The maximum atomic E-state index is 12.2. The molecule has 0 aliphatic heterocycles. The van der Waals surface area contributed by atoms with Gasteiger partial charge < -0.3 is 15.4 Å². The quantitative estimate of drug-likeness (QED) is 0.705. The van der Waals surface area contributed by atoms with Gasteiger partial charge in [0.25, 0.3) is 5.91 Å². The lowest BCUT2D eigenvalue weighted by molar-refractivity contribution is -0.152. The predicted octanol–water partition coefficient (Wildman–Crippen LogP) is 4.06. The fourth-order valence-corrected chi connectivity index (χ4v) is 2.76. The lowest BCUT2D eigenvalue weighted by atomic mass is 10.1. The number of benzene rings is 2. The van der Waals surface area contributed by atoms with Crippen molar-refractivity contribution in [2.75, 3.05) is 10.6 Å². The van der Waals surface area contributed by atoms with Crippen LogP contribution in [0.3, 0.4) is 0 Å². The summed E-state index contributed by atoms with van der Waals surface area (Å²) in [7, 11) is 0. The molecular formula is C19H18Cl2N2O4. The summed E-state index contributed by atoms with van der Waals surface area (Å²) in [5.41, 5.74) is 1.74. The molecular weight excluding hydrogens is 391 g/mol. The van der Waals surface area contributed by atoms with Crippen LogP contribution in [-0.2, 0) is 25.5 Å². The van der Waals surface area contributed by atoms with Gasteiger partial charge in [-0.2, -0.15) is 0 Å². The van der Waals surface area contributed by atoms with Gasteiger partial charge in [-0.1, -0.05) is 35.3 Å². The molecule has 2 amide bonds. The molecule has 2 aromatic rings. The molecule has 2 aromatic carbocycles. The lowest BCUT2D eigenvalue weighted by Gasteiger charge is -2.14. The Labute approximate surface area is 166 Å². The third kappa shape index (κ3) is 6.92. The SMILES string of the molecule is CC(=O)Nc1ccc(CC(=O)O[C@@H](C)C(=O)Nc2cc(Cl)cc(Cl)c2)cc1. The Morgan fingerprint density at radius 3 is 2.11 bits per heavy atom. The van der Waals surface area contributed by atoms with E-state index >= 15 is 0 Å². The Kier molecular flexibility index (Phi) is 7.21. The number of hydrogen-bond donors (Lipinski definition) is 2. The van der Waals surface area contributed by atoms with Crippen molar-refractivity contribution >= 4 is 52.4 Å². The number of hydrogen-bond acceptors (Lipinski definition) is 4. The van der Waals surface area contributed by atoms with Crippen molar-refractivity contribution in [1.82, 2.24) is 0 Å². The molecule has 0 heterocycles. The van der Waals surface area contributed by atoms with E-state index in [0.717, 1.165) is 0 Å². The van der Waals surface area contributed by atoms with Gasteiger partial charge in [-0.3, -0.25) is 14.4 Å². The zero-order valence-electron chi connectivity index (χ0n) is 14.7. The van der Waals surface area contributed by atoms with Gasteiger partial charge in [0.15, 0.2) is 6.10 Å². The zero-order valence-corrected chi connectivity index (χ0v) is 16.2. The standard InChI is InChI=1S/C19H18Cl2N2O4/c1-11(19(26)23-17-9-14(20)8-15(21)10-17)27-18(25)7-13-3-5-16(6-4-13)22-12(2)24/h3-6,8-11H,7H2,1-2H3,(H,22,24)(H,23,26)/t11-/m0/s1. The van der Waals surface area contributed by atoms with Crippen LogP contribution in [0.15, 0.2) is 42.5 Å². The van der Waals surface area contributed by atoms with Crippen LogP contribution in [0.5, 0.6) is 0 Å². The predicted molar refractivity (Wildman–Crippen MR) is 105 cm³/mol. The Morgan fingerprint density at radius 1 is 0.963 bits per heavy atom. The van der Waals surface area contributed by atoms with Gasteiger partial charge >= 0.3 is 5.97 Å². The van der Waals surface area contributed by atoms with Crippen LogP contribution in [-0.4, -0.2) is 23.9 Å². The van der Waals surface area contributed by atoms with E-state index in [2.05, 4.69) is 10.6 Å². The van der Waals surface area contributed by atoms with Gasteiger partial charge in [0.2, 0.25) is 5.91 Å². The number of esters is 1. The van der Waals surface area contributed by atoms with Crippen molar-refractivity contribution in [2.45, 2.75) is 26.4 Å². The van der Waals surface area contributed by atoms with Crippen molar-refractivity contribution in [3.05, 3.63) is 58.1 Å². The van der Waals surface area contributed by atoms with E-state index in [9.17, 15) is 14.4 Å². The highest BCUT2D eigenvalue weighted by Gasteiger charge is 2.18. The van der Waals surface area contributed by atoms with E-state index in [-0.39, 0.29) is 12.3 Å². The number of anilines is 2. The number of rotatable bonds is 6. The Hall–Kier alpha value is -2.57. The molecule has 0 bridgehead atoms. The summed E-state index contributed by atoms with van der Waals surface area (Å²) in [5, 5.41) is 5.99. The van der Waals surface area contributed by atoms with Crippen LogP contribution >= 0.6 is 23.2 Å². The molecule has 0 saturated carbocycles. The van der Waals surface area contributed by atoms with E-state index < -0.39 is 18.0 Å². The first-order chi connectivity index (χ1) is 12.7. The molecule has 0 saturated heterocycles. The normalized spacial score (nSPS) is 11.4. The first-order valence-corrected chi connectivity index (χ1v) is 8.81. The average molecular weight is 409 g/mol. The van der Waals surface area contributed by atoms with Gasteiger partial charge in [0, 0.05) is 28.3 Å². The van der Waals surface area contributed by atoms with E-state index in [1.807, 2.05) is 0 Å². The average Bonchev–Trinajstić information content (AvgIpc) is 2.55. The summed E-state index contributed by atoms with van der Waals surface area (Å²) >= 11 is 11.8. The van der Waals surface area contributed by atoms with Crippen LogP contribution in [0, 0.1) is 0 Å². The summed E-state index contributed by atoms with van der Waals surface area (Å²) in [6.07, 6.45) is -0.991. The molecule has 0 spiro atoms. The monoisotopic (exact) mass is 408 g/mol. The molecule has 6 nitrogen and oxygen atoms in total. The van der Waals surface area contributed by atoms with Crippen LogP contribution in [0.2, 0.25) is 10.0 Å². The Morgan fingerprint density at radius 2 is 1.56 bits per heavy atom. The van der Waals surface area contributed by atoms with Gasteiger partial charge in [-0.15, -0.1) is 0 Å². The number of nitrogens with one attached hydrogen (secondary N) is 2. The molecule has 27 heavy (non-hydrogen) atoms. The maximum Gasteiger partial charge on any atom is 0.311 e. The number of halogens is 2. The molecule has 0 radical (unpaired) electrons. The molecule has 142 valence electrons. The van der Waals surface area contributed by atoms with Gasteiger partial charge in [0.1, 0.15) is 0 Å². The minimum absolute atomic E-state index is 0.000957.